The number of nitrogens with one attached hydrogen (secondary N) is 1. The number of hydrogen-bond acceptors (Lipinski definition) is 5. The molecule has 2 saturated heterocycles. The molecule has 2 aliphatic rings. The molecule has 0 bridgehead atoms. The van der Waals surface area contributed by atoms with E-state index in [0.29, 0.717) is 37.4 Å². The zero-order valence-electron chi connectivity index (χ0n) is 17.5. The fraction of sp³-hybridized carbons (Fsp3) is 0.391. The van der Waals surface area contributed by atoms with Crippen LogP contribution in [0.1, 0.15) is 41.4 Å². The molecule has 1 N–H and O–H groups in total. The molecular weight excluding hydrogens is 394 g/mol. The fourth-order valence-electron chi connectivity index (χ4n) is 4.63. The van der Waals surface area contributed by atoms with Gasteiger partial charge in [0, 0.05) is 37.3 Å². The minimum Gasteiger partial charge on any atom is -0.497 e. The van der Waals surface area contributed by atoms with Crippen molar-refractivity contribution in [3.05, 3.63) is 54.1 Å². The van der Waals surface area contributed by atoms with Gasteiger partial charge < -0.3 is 19.5 Å². The second-order valence-electron chi connectivity index (χ2n) is 8.17. The second kappa shape index (κ2) is 8.02. The number of benzene rings is 1. The number of rotatable bonds is 4. The van der Waals surface area contributed by atoms with Crippen LogP contribution in [0.4, 0.5) is 0 Å². The third-order valence-electron chi connectivity index (χ3n) is 6.32. The van der Waals surface area contributed by atoms with Crippen molar-refractivity contribution in [3.8, 4) is 5.75 Å². The van der Waals surface area contributed by atoms with E-state index in [9.17, 15) is 9.59 Å². The average molecular weight is 419 g/mol. The number of H-pyrrole nitrogens is 1. The van der Waals surface area contributed by atoms with Crippen LogP contribution in [-0.2, 0) is 4.79 Å². The van der Waals surface area contributed by atoms with Gasteiger partial charge in [0.2, 0.25) is 5.91 Å². The molecule has 0 spiro atoms. The third kappa shape index (κ3) is 3.62. The number of methoxy groups -OCH3 is 1. The topological polar surface area (TPSA) is 91.4 Å². The van der Waals surface area contributed by atoms with E-state index in [1.807, 2.05) is 11.0 Å². The molecule has 2 unspecified atom stereocenters. The SMILES string of the molecule is COc1ccc(C(=O)N2CCCC2C(=O)N2CCC(c3nc4ccncc4[nH]3)C2)cc1. The van der Waals surface area contributed by atoms with Crippen molar-refractivity contribution >= 4 is 22.8 Å². The molecule has 2 atom stereocenters. The van der Waals surface area contributed by atoms with Gasteiger partial charge in [-0.1, -0.05) is 0 Å². The lowest BCUT2D eigenvalue weighted by molar-refractivity contribution is -0.134. The van der Waals surface area contributed by atoms with Gasteiger partial charge in [-0.3, -0.25) is 14.6 Å². The molecule has 2 aromatic heterocycles. The number of ether oxygens (including phenoxy) is 1. The monoisotopic (exact) mass is 419 g/mol. The molecule has 1 aromatic carbocycles. The lowest BCUT2D eigenvalue weighted by Gasteiger charge is -2.28. The molecule has 8 heteroatoms. The maximum atomic E-state index is 13.3. The zero-order chi connectivity index (χ0) is 21.4. The number of amides is 2. The van der Waals surface area contributed by atoms with Crippen molar-refractivity contribution in [1.29, 1.82) is 0 Å². The Morgan fingerprint density at radius 1 is 1.13 bits per heavy atom. The summed E-state index contributed by atoms with van der Waals surface area (Å²) >= 11 is 0. The number of hydrogen-bond donors (Lipinski definition) is 1. The highest BCUT2D eigenvalue weighted by atomic mass is 16.5. The number of nitrogens with zero attached hydrogens (tertiary/aromatic N) is 4. The van der Waals surface area contributed by atoms with Gasteiger partial charge in [-0.25, -0.2) is 4.98 Å². The number of carbonyl (C=O) groups excluding carboxylic acids is 2. The molecular formula is C23H25N5O3. The Morgan fingerprint density at radius 3 is 2.74 bits per heavy atom. The molecule has 4 heterocycles. The van der Waals surface area contributed by atoms with Gasteiger partial charge in [0.15, 0.2) is 0 Å². The first-order chi connectivity index (χ1) is 15.1. The summed E-state index contributed by atoms with van der Waals surface area (Å²) in [6.45, 7) is 1.90. The second-order valence-corrected chi connectivity index (χ2v) is 8.17. The number of aromatic nitrogens is 3. The lowest BCUT2D eigenvalue weighted by Crippen LogP contribution is -2.47. The largest absolute Gasteiger partial charge is 0.497 e. The summed E-state index contributed by atoms with van der Waals surface area (Å²) in [5, 5.41) is 0. The molecule has 8 nitrogen and oxygen atoms in total. The number of carbonyl (C=O) groups is 2. The first-order valence-electron chi connectivity index (χ1n) is 10.7. The summed E-state index contributed by atoms with van der Waals surface area (Å²) < 4.78 is 5.17. The predicted molar refractivity (Wildman–Crippen MR) is 115 cm³/mol. The highest BCUT2D eigenvalue weighted by Crippen LogP contribution is 2.30. The first kappa shape index (κ1) is 19.5. The molecule has 5 rings (SSSR count). The van der Waals surface area contributed by atoms with Crippen LogP contribution < -0.4 is 4.74 Å². The summed E-state index contributed by atoms with van der Waals surface area (Å²) in [4.78, 5) is 42.1. The normalized spacial score (nSPS) is 21.1. The summed E-state index contributed by atoms with van der Waals surface area (Å²) in [6.07, 6.45) is 5.90. The van der Waals surface area contributed by atoms with Gasteiger partial charge in [-0.15, -0.1) is 0 Å². The maximum Gasteiger partial charge on any atom is 0.254 e. The molecule has 2 fully saturated rings. The lowest BCUT2D eigenvalue weighted by atomic mass is 10.1. The Bertz CT molecular complexity index is 1080. The fourth-order valence-corrected chi connectivity index (χ4v) is 4.63. The standard InChI is InChI=1S/C23H25N5O3/c1-31-17-6-4-15(5-7-17)22(29)28-11-2-3-20(28)23(30)27-12-9-16(14-27)21-25-18-8-10-24-13-19(18)26-21/h4-8,10,13,16,20H,2-3,9,11-12,14H2,1H3,(H,25,26). The van der Waals surface area contributed by atoms with Crippen molar-refractivity contribution in [1.82, 2.24) is 24.8 Å². The highest BCUT2D eigenvalue weighted by molar-refractivity contribution is 5.98. The van der Waals surface area contributed by atoms with E-state index in [4.69, 9.17) is 4.74 Å². The van der Waals surface area contributed by atoms with Crippen molar-refractivity contribution < 1.29 is 14.3 Å². The quantitative estimate of drug-likeness (QED) is 0.702. The van der Waals surface area contributed by atoms with E-state index < -0.39 is 6.04 Å². The van der Waals surface area contributed by atoms with Crippen LogP contribution in [0.25, 0.3) is 11.0 Å². The Labute approximate surface area is 180 Å². The Morgan fingerprint density at radius 2 is 1.97 bits per heavy atom. The first-order valence-corrected chi connectivity index (χ1v) is 10.7. The maximum absolute atomic E-state index is 13.3. The van der Waals surface area contributed by atoms with Crippen molar-refractivity contribution in [2.24, 2.45) is 0 Å². The Hall–Kier alpha value is -3.42. The van der Waals surface area contributed by atoms with Crippen molar-refractivity contribution in [2.75, 3.05) is 26.7 Å². The number of aromatic amines is 1. The summed E-state index contributed by atoms with van der Waals surface area (Å²) in [5.41, 5.74) is 2.38. The summed E-state index contributed by atoms with van der Waals surface area (Å²) in [6, 6.07) is 8.54. The Kier molecular flexibility index (Phi) is 5.05. The van der Waals surface area contributed by atoms with Crippen LogP contribution in [0.5, 0.6) is 5.75 Å². The van der Waals surface area contributed by atoms with Crippen LogP contribution in [0.2, 0.25) is 0 Å². The highest BCUT2D eigenvalue weighted by Gasteiger charge is 2.39. The average Bonchev–Trinajstić information content (AvgIpc) is 3.56. The minimum atomic E-state index is -0.395. The number of fused-ring (bicyclic) bond motifs is 1. The molecule has 3 aromatic rings. The van der Waals surface area contributed by atoms with E-state index >= 15 is 0 Å². The third-order valence-corrected chi connectivity index (χ3v) is 6.32. The van der Waals surface area contributed by atoms with Crippen LogP contribution in [0.3, 0.4) is 0 Å². The van der Waals surface area contributed by atoms with Crippen LogP contribution >= 0.6 is 0 Å². The number of likely N-dealkylation sites (tertiary alicyclic amines) is 2. The minimum absolute atomic E-state index is 0.0413. The number of imidazole rings is 1. The van der Waals surface area contributed by atoms with E-state index in [0.717, 1.165) is 29.7 Å². The Balaban J connectivity index is 1.28. The summed E-state index contributed by atoms with van der Waals surface area (Å²) in [7, 11) is 1.59. The molecule has 0 saturated carbocycles. The molecule has 160 valence electrons. The molecule has 2 aliphatic heterocycles. The molecule has 0 aliphatic carbocycles. The van der Waals surface area contributed by atoms with Crippen LogP contribution in [-0.4, -0.2) is 69.4 Å². The van der Waals surface area contributed by atoms with Gasteiger partial charge >= 0.3 is 0 Å². The van der Waals surface area contributed by atoms with E-state index in [-0.39, 0.29) is 17.7 Å². The summed E-state index contributed by atoms with van der Waals surface area (Å²) in [5.74, 6) is 1.72. The predicted octanol–water partition coefficient (Wildman–Crippen LogP) is 2.59. The van der Waals surface area contributed by atoms with Gasteiger partial charge in [0.1, 0.15) is 17.6 Å². The van der Waals surface area contributed by atoms with E-state index in [1.165, 1.54) is 0 Å². The van der Waals surface area contributed by atoms with Gasteiger partial charge in [0.05, 0.1) is 24.3 Å². The smallest absolute Gasteiger partial charge is 0.254 e. The van der Waals surface area contributed by atoms with Crippen molar-refractivity contribution in [2.45, 2.75) is 31.2 Å². The van der Waals surface area contributed by atoms with Gasteiger partial charge in [-0.05, 0) is 49.6 Å². The van der Waals surface area contributed by atoms with E-state index in [1.54, 1.807) is 48.7 Å². The molecule has 2 amide bonds. The molecule has 31 heavy (non-hydrogen) atoms. The van der Waals surface area contributed by atoms with Gasteiger partial charge in [-0.2, -0.15) is 0 Å². The number of pyridine rings is 1. The zero-order valence-corrected chi connectivity index (χ0v) is 17.5. The van der Waals surface area contributed by atoms with Crippen LogP contribution in [0, 0.1) is 0 Å². The van der Waals surface area contributed by atoms with Crippen molar-refractivity contribution in [3.63, 3.8) is 0 Å². The van der Waals surface area contributed by atoms with E-state index in [2.05, 4.69) is 15.0 Å². The van der Waals surface area contributed by atoms with Crippen LogP contribution in [0.15, 0.2) is 42.7 Å². The van der Waals surface area contributed by atoms with Gasteiger partial charge in [0.25, 0.3) is 5.91 Å². The molecule has 0 radical (unpaired) electrons.